The van der Waals surface area contributed by atoms with Crippen LogP contribution in [0, 0.1) is 0 Å². The lowest BCUT2D eigenvalue weighted by atomic mass is 10.2. The highest BCUT2D eigenvalue weighted by Crippen LogP contribution is 2.20. The highest BCUT2D eigenvalue weighted by molar-refractivity contribution is 5.94. The molecule has 0 unspecified atom stereocenters. The van der Waals surface area contributed by atoms with Gasteiger partial charge in [-0.1, -0.05) is 12.1 Å². The third-order valence-corrected chi connectivity index (χ3v) is 4.63. The van der Waals surface area contributed by atoms with E-state index in [1.165, 1.54) is 0 Å². The zero-order valence-corrected chi connectivity index (χ0v) is 14.5. The summed E-state index contributed by atoms with van der Waals surface area (Å²) in [6.45, 7) is 0.514. The SMILES string of the molecule is Cn1ccc2cc(NC(=O)CCn3ccc(=O)c4ccccc43)ccc21. The molecule has 5 heteroatoms. The number of amides is 1. The second kappa shape index (κ2) is 6.52. The molecule has 1 amide bonds. The summed E-state index contributed by atoms with van der Waals surface area (Å²) >= 11 is 0. The minimum Gasteiger partial charge on any atom is -0.351 e. The maximum absolute atomic E-state index is 12.3. The Hall–Kier alpha value is -3.34. The molecule has 0 saturated heterocycles. The van der Waals surface area contributed by atoms with Crippen LogP contribution < -0.4 is 10.7 Å². The van der Waals surface area contributed by atoms with Crippen LogP contribution in [0.15, 0.2) is 71.8 Å². The highest BCUT2D eigenvalue weighted by atomic mass is 16.1. The molecule has 1 N–H and O–H groups in total. The van der Waals surface area contributed by atoms with E-state index in [0.29, 0.717) is 18.4 Å². The minimum absolute atomic E-state index is 0.00235. The second-order valence-electron chi connectivity index (χ2n) is 6.39. The van der Waals surface area contributed by atoms with Crippen LogP contribution >= 0.6 is 0 Å². The Balaban J connectivity index is 1.48. The van der Waals surface area contributed by atoms with Gasteiger partial charge in [-0.05, 0) is 36.4 Å². The number of nitrogens with zero attached hydrogens (tertiary/aromatic N) is 2. The normalized spacial score (nSPS) is 11.1. The van der Waals surface area contributed by atoms with Crippen LogP contribution in [0.25, 0.3) is 21.8 Å². The fourth-order valence-corrected chi connectivity index (χ4v) is 3.26. The average Bonchev–Trinajstić information content (AvgIpc) is 3.02. The molecule has 130 valence electrons. The van der Waals surface area contributed by atoms with Gasteiger partial charge in [0.15, 0.2) is 5.43 Å². The lowest BCUT2D eigenvalue weighted by Crippen LogP contribution is -2.16. The Morgan fingerprint density at radius 3 is 2.73 bits per heavy atom. The van der Waals surface area contributed by atoms with E-state index in [2.05, 4.69) is 5.32 Å². The third-order valence-electron chi connectivity index (χ3n) is 4.63. The van der Waals surface area contributed by atoms with Gasteiger partial charge in [0.05, 0.1) is 5.52 Å². The van der Waals surface area contributed by atoms with Crippen molar-refractivity contribution in [3.05, 3.63) is 77.2 Å². The van der Waals surface area contributed by atoms with Crippen LogP contribution in [0.1, 0.15) is 6.42 Å². The number of hydrogen-bond donors (Lipinski definition) is 1. The zero-order valence-electron chi connectivity index (χ0n) is 14.5. The first-order valence-electron chi connectivity index (χ1n) is 8.55. The van der Waals surface area contributed by atoms with Gasteiger partial charge in [-0.3, -0.25) is 9.59 Å². The number of aryl methyl sites for hydroxylation is 2. The third kappa shape index (κ3) is 2.99. The predicted molar refractivity (Wildman–Crippen MR) is 104 cm³/mol. The zero-order chi connectivity index (χ0) is 18.1. The Labute approximate surface area is 150 Å². The van der Waals surface area contributed by atoms with Crippen molar-refractivity contribution in [2.24, 2.45) is 7.05 Å². The summed E-state index contributed by atoms with van der Waals surface area (Å²) in [7, 11) is 2.00. The molecule has 0 aliphatic carbocycles. The van der Waals surface area contributed by atoms with E-state index < -0.39 is 0 Å². The van der Waals surface area contributed by atoms with Crippen LogP contribution in [0.2, 0.25) is 0 Å². The molecule has 2 aromatic carbocycles. The van der Waals surface area contributed by atoms with Gasteiger partial charge in [-0.25, -0.2) is 0 Å². The summed E-state index contributed by atoms with van der Waals surface area (Å²) in [4.78, 5) is 24.3. The Morgan fingerprint density at radius 1 is 1.00 bits per heavy atom. The van der Waals surface area contributed by atoms with Crippen molar-refractivity contribution in [1.82, 2.24) is 9.13 Å². The van der Waals surface area contributed by atoms with Crippen molar-refractivity contribution in [3.8, 4) is 0 Å². The molecule has 0 fully saturated rings. The van der Waals surface area contributed by atoms with Crippen molar-refractivity contribution >= 4 is 33.4 Å². The van der Waals surface area contributed by atoms with Crippen LogP contribution in [-0.4, -0.2) is 15.0 Å². The summed E-state index contributed by atoms with van der Waals surface area (Å²) in [5.41, 5.74) is 2.76. The topological polar surface area (TPSA) is 56.0 Å². The molecule has 5 nitrogen and oxygen atoms in total. The van der Waals surface area contributed by atoms with Crippen LogP contribution in [0.3, 0.4) is 0 Å². The molecule has 4 rings (SSSR count). The van der Waals surface area contributed by atoms with Gasteiger partial charge < -0.3 is 14.5 Å². The number of carbonyl (C=O) groups is 1. The first-order valence-corrected chi connectivity index (χ1v) is 8.55. The maximum Gasteiger partial charge on any atom is 0.226 e. The molecule has 0 aliphatic rings. The molecule has 26 heavy (non-hydrogen) atoms. The monoisotopic (exact) mass is 345 g/mol. The van der Waals surface area contributed by atoms with E-state index in [9.17, 15) is 9.59 Å². The number of rotatable bonds is 4. The first-order chi connectivity index (χ1) is 12.6. The summed E-state index contributed by atoms with van der Waals surface area (Å²) in [6, 6.07) is 16.9. The molecule has 2 aromatic heterocycles. The molecule has 2 heterocycles. The molecule has 0 saturated carbocycles. The summed E-state index contributed by atoms with van der Waals surface area (Å²) in [5, 5.41) is 4.72. The number of hydrogen-bond acceptors (Lipinski definition) is 2. The van der Waals surface area contributed by atoms with Crippen LogP contribution in [0.4, 0.5) is 5.69 Å². The van der Waals surface area contributed by atoms with Gasteiger partial charge in [0.1, 0.15) is 0 Å². The van der Waals surface area contributed by atoms with Crippen LogP contribution in [0.5, 0.6) is 0 Å². The summed E-state index contributed by atoms with van der Waals surface area (Å²) in [6.07, 6.45) is 4.07. The van der Waals surface area contributed by atoms with E-state index in [0.717, 1.165) is 22.1 Å². The number of carbonyl (C=O) groups excluding carboxylic acids is 1. The molecule has 0 aliphatic heterocycles. The van der Waals surface area contributed by atoms with E-state index in [1.807, 2.05) is 70.9 Å². The molecule has 0 radical (unpaired) electrons. The maximum atomic E-state index is 12.3. The number of nitrogens with one attached hydrogen (secondary N) is 1. The Bertz CT molecular complexity index is 1170. The fourth-order valence-electron chi connectivity index (χ4n) is 3.26. The van der Waals surface area contributed by atoms with E-state index in [-0.39, 0.29) is 11.3 Å². The van der Waals surface area contributed by atoms with Gasteiger partial charge in [0.2, 0.25) is 5.91 Å². The van der Waals surface area contributed by atoms with E-state index in [1.54, 1.807) is 12.3 Å². The summed E-state index contributed by atoms with van der Waals surface area (Å²) in [5.74, 6) is -0.0527. The minimum atomic E-state index is -0.0527. The molecule has 0 bridgehead atoms. The standard InChI is InChI=1S/C21H19N3O2/c1-23-11-8-15-14-16(6-7-18(15)23)22-21(26)10-13-24-12-9-20(25)17-4-2-3-5-19(17)24/h2-9,11-12,14H,10,13H2,1H3,(H,22,26). The van der Waals surface area contributed by atoms with Crippen molar-refractivity contribution in [2.45, 2.75) is 13.0 Å². The number of anilines is 1. The van der Waals surface area contributed by atoms with Gasteiger partial charge in [0.25, 0.3) is 0 Å². The quantitative estimate of drug-likeness (QED) is 0.615. The van der Waals surface area contributed by atoms with Crippen molar-refractivity contribution in [1.29, 1.82) is 0 Å². The predicted octanol–water partition coefficient (Wildman–Crippen LogP) is 3.52. The lowest BCUT2D eigenvalue weighted by molar-refractivity contribution is -0.116. The number of benzene rings is 2. The Morgan fingerprint density at radius 2 is 1.85 bits per heavy atom. The highest BCUT2D eigenvalue weighted by Gasteiger charge is 2.07. The smallest absolute Gasteiger partial charge is 0.226 e. The fraction of sp³-hybridized carbons (Fsp3) is 0.143. The molecule has 0 spiro atoms. The molecular formula is C21H19N3O2. The van der Waals surface area contributed by atoms with Gasteiger partial charge in [-0.15, -0.1) is 0 Å². The number of para-hydroxylation sites is 1. The number of pyridine rings is 1. The molecular weight excluding hydrogens is 326 g/mol. The molecule has 4 aromatic rings. The van der Waals surface area contributed by atoms with Gasteiger partial charge >= 0.3 is 0 Å². The van der Waals surface area contributed by atoms with Crippen molar-refractivity contribution in [3.63, 3.8) is 0 Å². The Kier molecular flexibility index (Phi) is 4.05. The number of fused-ring (bicyclic) bond motifs is 2. The summed E-state index contributed by atoms with van der Waals surface area (Å²) < 4.78 is 3.99. The second-order valence-corrected chi connectivity index (χ2v) is 6.39. The lowest BCUT2D eigenvalue weighted by Gasteiger charge is -2.11. The largest absolute Gasteiger partial charge is 0.351 e. The van der Waals surface area contributed by atoms with E-state index >= 15 is 0 Å². The van der Waals surface area contributed by atoms with Crippen molar-refractivity contribution in [2.75, 3.05) is 5.32 Å². The van der Waals surface area contributed by atoms with E-state index in [4.69, 9.17) is 0 Å². The van der Waals surface area contributed by atoms with Gasteiger partial charge in [-0.2, -0.15) is 0 Å². The first kappa shape index (κ1) is 16.1. The van der Waals surface area contributed by atoms with Crippen molar-refractivity contribution < 1.29 is 4.79 Å². The number of aromatic nitrogens is 2. The molecule has 0 atom stereocenters. The van der Waals surface area contributed by atoms with Crippen LogP contribution in [-0.2, 0) is 18.4 Å². The van der Waals surface area contributed by atoms with Gasteiger partial charge in [0, 0.05) is 60.4 Å². The average molecular weight is 345 g/mol.